The number of aromatic nitrogens is 4. The number of amides is 3. The van der Waals surface area contributed by atoms with Crippen LogP contribution in [0, 0.1) is 48.1 Å². The number of hydrogen-bond donors (Lipinski definition) is 7. The number of carbonyl (C=O) groups is 9. The number of hydrazone groups is 1. The van der Waals surface area contributed by atoms with Crippen molar-refractivity contribution >= 4 is 233 Å². The van der Waals surface area contributed by atoms with Crippen LogP contribution in [0.4, 0.5) is 36.7 Å². The normalized spacial score (nSPS) is 11.0. The van der Waals surface area contributed by atoms with E-state index in [0.29, 0.717) is 78.6 Å². The number of ketones is 3. The van der Waals surface area contributed by atoms with Crippen LogP contribution in [0.1, 0.15) is 122 Å². The van der Waals surface area contributed by atoms with Crippen molar-refractivity contribution in [3.63, 3.8) is 0 Å². The van der Waals surface area contributed by atoms with Gasteiger partial charge in [-0.2, -0.15) is 0 Å². The van der Waals surface area contributed by atoms with Crippen LogP contribution in [0.2, 0.25) is 0 Å². The summed E-state index contributed by atoms with van der Waals surface area (Å²) in [5, 5.41) is 29.4. The third-order valence-corrected chi connectivity index (χ3v) is 20.7. The van der Waals surface area contributed by atoms with Crippen LogP contribution in [-0.4, -0.2) is 208 Å². The molecule has 2 atom stereocenters. The fourth-order valence-electron chi connectivity index (χ4n) is 9.12. The van der Waals surface area contributed by atoms with Gasteiger partial charge in [0.1, 0.15) is 46.4 Å². The molecule has 10 aromatic rings. The summed E-state index contributed by atoms with van der Waals surface area (Å²) in [6, 6.07) is 38.2. The van der Waals surface area contributed by atoms with Gasteiger partial charge in [0.05, 0.1) is 68.2 Å². The molecule has 2 aromatic heterocycles. The number of carboxylic acid groups (broad SMARTS) is 1. The average Bonchev–Trinajstić information content (AvgIpc) is 1.74. The second-order valence-electron chi connectivity index (χ2n) is 24.8. The third kappa shape index (κ3) is 50.2. The number of guanidine groups is 1. The first kappa shape index (κ1) is 131. The number of alkyl halides is 1. The summed E-state index contributed by atoms with van der Waals surface area (Å²) in [4.78, 5) is 117. The van der Waals surface area contributed by atoms with E-state index in [4.69, 9.17) is 69.2 Å². The number of hydroxylamine groups is 3. The van der Waals surface area contributed by atoms with Gasteiger partial charge in [0, 0.05) is 105 Å². The second-order valence-corrected chi connectivity index (χ2v) is 31.6. The molecule has 1 aliphatic rings. The van der Waals surface area contributed by atoms with Crippen molar-refractivity contribution in [2.45, 2.75) is 85.2 Å². The summed E-state index contributed by atoms with van der Waals surface area (Å²) in [5.74, 6) is -2.29. The number of carbonyl (C=O) groups excluding carboxylic acids is 8. The molecular formula is C87H93Br7Cl3F7MgN12O18. The quantitative estimate of drug-likeness (QED) is 0.00222. The average molecular weight is 2420 g/mol. The Morgan fingerprint density at radius 1 is 0.585 bits per heavy atom. The molecule has 1 aliphatic heterocycles. The van der Waals surface area contributed by atoms with E-state index in [-0.39, 0.29) is 146 Å². The Bertz CT molecular complexity index is 5270. The van der Waals surface area contributed by atoms with Crippen molar-refractivity contribution in [3.05, 3.63) is 289 Å². The van der Waals surface area contributed by atoms with Crippen LogP contribution in [0.3, 0.4) is 0 Å². The molecule has 11 rings (SSSR count). The molecule has 0 aliphatic carbocycles. The predicted molar refractivity (Wildman–Crippen MR) is 519 cm³/mol. The first-order valence-corrected chi connectivity index (χ1v) is 44.2. The number of nitrogens with zero attached hydrogens (tertiary/aromatic N) is 7. The number of aliphatic hydroxyl groups excluding tert-OH is 1. The molecule has 0 radical (unpaired) electrons. The number of aromatic carboxylic acids is 1. The fourth-order valence-corrected chi connectivity index (χ4v) is 11.3. The predicted octanol–water partition coefficient (Wildman–Crippen LogP) is 15.6. The second kappa shape index (κ2) is 72.0. The Kier molecular flexibility index (Phi) is 69.7. The number of fused-ring (bicyclic) bond motifs is 1. The number of rotatable bonds is 25. The van der Waals surface area contributed by atoms with E-state index in [0.717, 1.165) is 56.8 Å². The number of nitrogens with one attached hydrogen (secondary N) is 1. The van der Waals surface area contributed by atoms with Crippen LogP contribution in [0.5, 0.6) is 0 Å². The number of imide groups is 1. The number of ether oxygens (including phenoxy) is 5. The molecule has 30 nitrogen and oxygen atoms in total. The first-order valence-electron chi connectivity index (χ1n) is 37.9. The Hall–Kier alpha value is -8.37. The number of hydrogen-bond acceptors (Lipinski definition) is 25. The van der Waals surface area contributed by atoms with Gasteiger partial charge in [0.25, 0.3) is 17.6 Å². The molecule has 0 bridgehead atoms. The zero-order valence-corrected chi connectivity index (χ0v) is 88.5. The number of pyridine rings is 1. The fraction of sp³-hybridized carbons (Fsp3) is 0.253. The van der Waals surface area contributed by atoms with E-state index in [1.54, 1.807) is 52.4 Å². The van der Waals surface area contributed by atoms with Gasteiger partial charge in [0.2, 0.25) is 41.6 Å². The Labute approximate surface area is 865 Å². The molecule has 48 heteroatoms. The largest absolute Gasteiger partial charge is 2.00 e. The van der Waals surface area contributed by atoms with Crippen LogP contribution < -0.4 is 40.9 Å². The van der Waals surface area contributed by atoms with Gasteiger partial charge >= 0.3 is 29.0 Å². The number of halogens is 17. The molecule has 135 heavy (non-hydrogen) atoms. The number of anilines is 1. The number of carboxylic acids is 1. The summed E-state index contributed by atoms with van der Waals surface area (Å²) in [5.41, 5.74) is 21.0. The number of nitrogens with two attached hydrogens (primary N) is 4. The number of benzene rings is 8. The van der Waals surface area contributed by atoms with E-state index < -0.39 is 76.3 Å². The minimum atomic E-state index is -1.30. The zero-order chi connectivity index (χ0) is 100. The molecule has 0 saturated carbocycles. The van der Waals surface area contributed by atoms with E-state index in [9.17, 15) is 79.0 Å². The van der Waals surface area contributed by atoms with E-state index >= 15 is 0 Å². The van der Waals surface area contributed by atoms with Crippen LogP contribution in [0.15, 0.2) is 207 Å². The number of likely N-dealkylation sites (tertiary alicyclic amines) is 1. The van der Waals surface area contributed by atoms with E-state index in [2.05, 4.69) is 158 Å². The molecule has 11 N–H and O–H groups in total. The minimum absolute atomic E-state index is 0. The van der Waals surface area contributed by atoms with Gasteiger partial charge in [-0.1, -0.05) is 24.3 Å². The van der Waals surface area contributed by atoms with Crippen molar-refractivity contribution in [2.75, 3.05) is 67.1 Å². The molecule has 8 aromatic carbocycles. The smallest absolute Gasteiger partial charge is 1.00 e. The van der Waals surface area contributed by atoms with Crippen molar-refractivity contribution in [1.82, 2.24) is 35.6 Å². The van der Waals surface area contributed by atoms with Gasteiger partial charge in [0.15, 0.2) is 18.3 Å². The summed E-state index contributed by atoms with van der Waals surface area (Å²) in [6.45, 7) is 12.7. The van der Waals surface area contributed by atoms with Gasteiger partial charge in [-0.05, 0) is 310 Å². The molecule has 1 fully saturated rings. The zero-order valence-electron chi connectivity index (χ0n) is 73.7. The number of nitrogen functional groups attached to an aromatic ring is 1. The molecule has 3 heterocycles. The summed E-state index contributed by atoms with van der Waals surface area (Å²) in [6.07, 6.45) is 1.70. The monoisotopic (exact) mass is 2410 g/mol. The molecule has 2 unspecified atom stereocenters. The third-order valence-electron chi connectivity index (χ3n) is 15.6. The maximum absolute atomic E-state index is 13.3. The maximum atomic E-state index is 13.3. The van der Waals surface area contributed by atoms with Gasteiger partial charge in [-0.15, -0.1) is 26.9 Å². The van der Waals surface area contributed by atoms with Gasteiger partial charge in [-0.3, -0.25) is 53.1 Å². The van der Waals surface area contributed by atoms with Gasteiger partial charge < -0.3 is 81.6 Å². The topological polar surface area (TPSA) is 445 Å². The SMILES string of the molecule is CC(=O)c1ccc(Br)c(F)c1.CCOC(OCC)C(=O)c1ccc(Br)c(F)c1.CCOC(OCC)OCC.CNOC.CON(C)C(=O)c1ccc(Br)c(F)c1.NN=C(N)N.Nc1ncc(-c2ccc(Br)c(F)c2)nn1.O=C(Cl)c1ccc(Br)c(F)c1.O=C(O)c1ccc(Br)c(F)c1.O=C1CCC(=O)N1C(O)C(Cl)Cc1ccc2ncccc2c1.O=CC(=O)c1ccc(Br)c(F)c1.[CH3-].[Cl-].[Mg+2]. The first-order chi connectivity index (χ1) is 62.4. The molecule has 730 valence electrons. The molecule has 1 saturated heterocycles. The van der Waals surface area contributed by atoms with Crippen LogP contribution in [-0.2, 0) is 54.2 Å². The molecular weight excluding hydrogens is 2320 g/mol. The van der Waals surface area contributed by atoms with Crippen LogP contribution >= 0.6 is 135 Å². The number of Topliss-reactive ketones (excluding diaryl/α,β-unsaturated/α-hetero) is 3. The number of aldehydes is 1. The van der Waals surface area contributed by atoms with Crippen molar-refractivity contribution in [2.24, 2.45) is 22.4 Å². The molecule has 3 amide bonds. The summed E-state index contributed by atoms with van der Waals surface area (Å²) < 4.78 is 118. The summed E-state index contributed by atoms with van der Waals surface area (Å²) in [7, 11) is 6.11. The van der Waals surface area contributed by atoms with Gasteiger partial charge in [-0.25, -0.2) is 51.1 Å². The number of aliphatic hydroxyl groups is 1. The Balaban J connectivity index is -0.00000145. The standard InChI is InChI=1S/C16H15ClN2O3.C12H14BrFO3.C9H6BrFN4.C9H9BrFNO2.C8H4BrFO2.C8H6BrFO.C7H3BrClFO.C7H4BrFO2.C7H16O3.C2H7NO.CH6N4.CH3.ClH.Mg/c17-12(16(22)19-14(20)5-6-15(19)21)9-10-3-4-13-11(8-10)2-1-7-18-13;1-3-16-12(17-4-2)11(15)8-5-6-9(13)10(14)7-8;10-6-2-1-5(3-7(6)11)8-4-13-9(12)15-14-8;1-12(14-2)9(13)6-3-4-7(10)8(11)5-6;9-6-2-1-5(3-7(6)10)8(12)4-11;1-5(11)6-2-3-7(9)8(10)4-6;8-5-2-1-4(7(9)11)3-6(5)10;8-5-2-1-4(7(10)11)3-6(5)9;1-4-8-7(9-5-2)10-6-3;1-3-4-2;2-1(3)5-4;;;/h1-4,7-8,12,16,22H,5-6,9H2;5-7,12H,3-4H2,1-2H3;1-4H,(H2,12,13,15);3-5H,1-2H3;1-4H;2-4H,1H3;1-3H;1-3H,(H,10,11);7H,4-6H2,1-3H3;3H,1-2H3;4H2,(H4,2,3,5);1H3;1H;/q;;;;;;;;;;;-1;;+2/p-1. The summed E-state index contributed by atoms with van der Waals surface area (Å²) >= 11 is 32.2. The molecule has 0 spiro atoms. The minimum Gasteiger partial charge on any atom is -1.00 e. The van der Waals surface area contributed by atoms with E-state index in [1.807, 2.05) is 51.1 Å². The van der Waals surface area contributed by atoms with E-state index in [1.165, 1.54) is 106 Å². The van der Waals surface area contributed by atoms with Crippen molar-refractivity contribution < 1.29 is 130 Å². The maximum Gasteiger partial charge on any atom is 2.00 e. The Morgan fingerprint density at radius 3 is 1.36 bits per heavy atom. The van der Waals surface area contributed by atoms with Crippen molar-refractivity contribution in [3.8, 4) is 11.3 Å². The Morgan fingerprint density at radius 2 is 0.970 bits per heavy atom. The van der Waals surface area contributed by atoms with Crippen LogP contribution in [0.25, 0.3) is 22.2 Å². The van der Waals surface area contributed by atoms with Crippen molar-refractivity contribution in [1.29, 1.82) is 0 Å².